The van der Waals surface area contributed by atoms with Gasteiger partial charge in [0, 0.05) is 36.9 Å². The number of ether oxygens (including phenoxy) is 1. The molecule has 7 nitrogen and oxygen atoms in total. The summed E-state index contributed by atoms with van der Waals surface area (Å²) < 4.78 is 5.61. The second-order valence-corrected chi connectivity index (χ2v) is 9.70. The third-order valence-electron chi connectivity index (χ3n) is 6.09. The SMILES string of the molecule is CC(C)(C)OC(=O)N1CCC2=CC(Nc3ccccc3)=C(C=N)CC2(C(=O)c2ccccn2)C1. The molecule has 1 amide bonds. The number of Topliss-reactive ketones (excluding diaryl/α,β-unsaturated/α-hetero) is 1. The largest absolute Gasteiger partial charge is 0.444 e. The lowest BCUT2D eigenvalue weighted by Crippen LogP contribution is -2.53. The molecule has 0 bridgehead atoms. The van der Waals surface area contributed by atoms with Gasteiger partial charge in [-0.1, -0.05) is 29.8 Å². The monoisotopic (exact) mass is 458 g/mol. The minimum Gasteiger partial charge on any atom is -0.444 e. The Hall–Kier alpha value is -3.74. The smallest absolute Gasteiger partial charge is 0.410 e. The van der Waals surface area contributed by atoms with E-state index in [-0.39, 0.29) is 12.3 Å². The van der Waals surface area contributed by atoms with Crippen LogP contribution >= 0.6 is 0 Å². The van der Waals surface area contributed by atoms with E-state index in [4.69, 9.17) is 10.1 Å². The van der Waals surface area contributed by atoms with E-state index in [0.717, 1.165) is 17.0 Å². The van der Waals surface area contributed by atoms with Gasteiger partial charge in [-0.3, -0.25) is 9.78 Å². The minimum atomic E-state index is -1.00. The van der Waals surface area contributed by atoms with Crippen molar-refractivity contribution in [3.05, 3.63) is 83.3 Å². The second-order valence-electron chi connectivity index (χ2n) is 9.70. The lowest BCUT2D eigenvalue weighted by Gasteiger charge is -2.46. The molecule has 1 atom stereocenters. The van der Waals surface area contributed by atoms with Crippen molar-refractivity contribution in [3.8, 4) is 0 Å². The number of amides is 1. The van der Waals surface area contributed by atoms with Crippen molar-refractivity contribution in [1.82, 2.24) is 9.88 Å². The van der Waals surface area contributed by atoms with Gasteiger partial charge in [0.15, 0.2) is 5.78 Å². The van der Waals surface area contributed by atoms with Crippen LogP contribution in [0.4, 0.5) is 10.5 Å². The van der Waals surface area contributed by atoms with Gasteiger partial charge in [0.05, 0.1) is 5.41 Å². The standard InChI is InChI=1S/C27H30N4O3/c1-26(2,3)34-25(33)31-14-12-20-15-23(30-21-9-5-4-6-10-21)19(17-28)16-27(20,18-31)24(32)22-11-7-8-13-29-22/h4-11,13,15,17,28,30H,12,14,16,18H2,1-3H3. The van der Waals surface area contributed by atoms with Crippen LogP contribution in [-0.2, 0) is 4.74 Å². The summed E-state index contributed by atoms with van der Waals surface area (Å²) in [6.07, 6.45) is 5.26. The van der Waals surface area contributed by atoms with Crippen LogP contribution < -0.4 is 5.32 Å². The molecule has 176 valence electrons. The molecule has 2 heterocycles. The summed E-state index contributed by atoms with van der Waals surface area (Å²) in [6.45, 7) is 6.11. The number of nitrogens with one attached hydrogen (secondary N) is 2. The molecule has 0 radical (unpaired) electrons. The molecular weight excluding hydrogens is 428 g/mol. The number of para-hydroxylation sites is 1. The highest BCUT2D eigenvalue weighted by Gasteiger charge is 2.50. The number of carbonyl (C=O) groups is 2. The first-order valence-electron chi connectivity index (χ1n) is 11.4. The number of fused-ring (bicyclic) bond motifs is 1. The Morgan fingerprint density at radius 3 is 2.53 bits per heavy atom. The number of pyridine rings is 1. The molecule has 1 unspecified atom stereocenters. The van der Waals surface area contributed by atoms with Crippen LogP contribution in [0.5, 0.6) is 0 Å². The van der Waals surface area contributed by atoms with Crippen LogP contribution in [0.3, 0.4) is 0 Å². The molecule has 1 aliphatic heterocycles. The number of allylic oxidation sites excluding steroid dienone is 2. The van der Waals surface area contributed by atoms with Gasteiger partial charge in [-0.2, -0.15) is 0 Å². The average Bonchev–Trinajstić information content (AvgIpc) is 2.83. The van der Waals surface area contributed by atoms with Gasteiger partial charge in [0.25, 0.3) is 0 Å². The number of hydrogen-bond donors (Lipinski definition) is 2. The molecule has 2 aliphatic rings. The molecule has 1 aliphatic carbocycles. The summed E-state index contributed by atoms with van der Waals surface area (Å²) in [5.74, 6) is -0.147. The van der Waals surface area contributed by atoms with Crippen molar-refractivity contribution in [3.63, 3.8) is 0 Å². The Morgan fingerprint density at radius 2 is 1.88 bits per heavy atom. The Bertz CT molecular complexity index is 1150. The van der Waals surface area contributed by atoms with Gasteiger partial charge < -0.3 is 20.4 Å². The lowest BCUT2D eigenvalue weighted by atomic mass is 9.65. The number of anilines is 1. The molecule has 2 N–H and O–H groups in total. The number of nitrogens with zero attached hydrogens (tertiary/aromatic N) is 2. The summed E-state index contributed by atoms with van der Waals surface area (Å²) in [4.78, 5) is 32.8. The molecule has 0 saturated carbocycles. The van der Waals surface area contributed by atoms with Crippen molar-refractivity contribution in [2.24, 2.45) is 5.41 Å². The van der Waals surface area contributed by atoms with Crippen LogP contribution in [0.15, 0.2) is 77.6 Å². The summed E-state index contributed by atoms with van der Waals surface area (Å²) in [5, 5.41) is 11.5. The molecule has 0 spiro atoms. The van der Waals surface area contributed by atoms with Crippen molar-refractivity contribution in [2.75, 3.05) is 18.4 Å². The number of carbonyl (C=O) groups excluding carboxylic acids is 2. The predicted octanol–water partition coefficient (Wildman–Crippen LogP) is 5.24. The number of benzene rings is 1. The highest BCUT2D eigenvalue weighted by atomic mass is 16.6. The fraction of sp³-hybridized carbons (Fsp3) is 0.333. The molecule has 7 heteroatoms. The molecule has 4 rings (SSSR count). The quantitative estimate of drug-likeness (QED) is 0.472. The Kier molecular flexibility index (Phi) is 6.37. The summed E-state index contributed by atoms with van der Waals surface area (Å²) in [5.41, 5.74) is 2.05. The maximum absolute atomic E-state index is 13.9. The number of aromatic nitrogens is 1. The topological polar surface area (TPSA) is 95.4 Å². The van der Waals surface area contributed by atoms with E-state index in [1.807, 2.05) is 57.2 Å². The Labute approximate surface area is 200 Å². The van der Waals surface area contributed by atoms with E-state index < -0.39 is 17.1 Å². The fourth-order valence-corrected chi connectivity index (χ4v) is 4.51. The van der Waals surface area contributed by atoms with Crippen molar-refractivity contribution >= 4 is 23.8 Å². The van der Waals surface area contributed by atoms with Crippen LogP contribution in [0.1, 0.15) is 44.1 Å². The van der Waals surface area contributed by atoms with Crippen LogP contribution in [-0.4, -0.2) is 46.7 Å². The van der Waals surface area contributed by atoms with Gasteiger partial charge in [0.2, 0.25) is 0 Å². The zero-order valence-electron chi connectivity index (χ0n) is 19.8. The van der Waals surface area contributed by atoms with E-state index in [0.29, 0.717) is 30.7 Å². The van der Waals surface area contributed by atoms with E-state index in [1.54, 1.807) is 29.3 Å². The molecular formula is C27H30N4O3. The number of hydrogen-bond acceptors (Lipinski definition) is 6. The maximum atomic E-state index is 13.9. The Morgan fingerprint density at radius 1 is 1.15 bits per heavy atom. The van der Waals surface area contributed by atoms with Gasteiger partial charge in [-0.15, -0.1) is 0 Å². The van der Waals surface area contributed by atoms with Gasteiger partial charge in [-0.05, 0) is 69.5 Å². The van der Waals surface area contributed by atoms with Crippen LogP contribution in [0, 0.1) is 10.8 Å². The van der Waals surface area contributed by atoms with E-state index in [2.05, 4.69) is 10.3 Å². The van der Waals surface area contributed by atoms with Crippen molar-refractivity contribution in [2.45, 2.75) is 39.2 Å². The second kappa shape index (κ2) is 9.25. The number of ketones is 1. The van der Waals surface area contributed by atoms with Crippen molar-refractivity contribution < 1.29 is 14.3 Å². The molecule has 1 fully saturated rings. The summed E-state index contributed by atoms with van der Waals surface area (Å²) in [6, 6.07) is 15.0. The third kappa shape index (κ3) is 4.78. The number of piperidine rings is 1. The van der Waals surface area contributed by atoms with Gasteiger partial charge in [-0.25, -0.2) is 4.79 Å². The molecule has 1 aromatic heterocycles. The molecule has 34 heavy (non-hydrogen) atoms. The average molecular weight is 459 g/mol. The molecule has 1 aromatic carbocycles. The number of likely N-dealkylation sites (tertiary alicyclic amines) is 1. The Balaban J connectivity index is 1.73. The van der Waals surface area contributed by atoms with Crippen molar-refractivity contribution in [1.29, 1.82) is 5.41 Å². The first-order chi connectivity index (χ1) is 16.2. The van der Waals surface area contributed by atoms with E-state index >= 15 is 0 Å². The van der Waals surface area contributed by atoms with Gasteiger partial charge in [0.1, 0.15) is 11.3 Å². The zero-order valence-corrected chi connectivity index (χ0v) is 19.8. The maximum Gasteiger partial charge on any atom is 0.410 e. The highest BCUT2D eigenvalue weighted by Crippen LogP contribution is 2.47. The summed E-state index contributed by atoms with van der Waals surface area (Å²) >= 11 is 0. The third-order valence-corrected chi connectivity index (χ3v) is 6.09. The first-order valence-corrected chi connectivity index (χ1v) is 11.4. The zero-order chi connectivity index (χ0) is 24.3. The van der Waals surface area contributed by atoms with Crippen LogP contribution in [0.25, 0.3) is 0 Å². The van der Waals surface area contributed by atoms with Gasteiger partial charge >= 0.3 is 6.09 Å². The summed E-state index contributed by atoms with van der Waals surface area (Å²) in [7, 11) is 0. The normalized spacial score (nSPS) is 20.2. The van der Waals surface area contributed by atoms with E-state index in [1.165, 1.54) is 6.21 Å². The molecule has 2 aromatic rings. The highest BCUT2D eigenvalue weighted by molar-refractivity contribution is 6.03. The lowest BCUT2D eigenvalue weighted by molar-refractivity contribution is 0.0137. The first kappa shape index (κ1) is 23.4. The number of rotatable bonds is 5. The predicted molar refractivity (Wildman–Crippen MR) is 132 cm³/mol. The van der Waals surface area contributed by atoms with E-state index in [9.17, 15) is 9.59 Å². The molecule has 1 saturated heterocycles. The van der Waals surface area contributed by atoms with Crippen LogP contribution in [0.2, 0.25) is 0 Å². The fourth-order valence-electron chi connectivity index (χ4n) is 4.51. The minimum absolute atomic E-state index is 0.147.